The number of aliphatic hydroxyl groups excluding tert-OH is 3. The summed E-state index contributed by atoms with van der Waals surface area (Å²) in [5.41, 5.74) is 1.33. The highest BCUT2D eigenvalue weighted by Gasteiger charge is 2.29. The van der Waals surface area contributed by atoms with Gasteiger partial charge in [0, 0.05) is 6.42 Å². The van der Waals surface area contributed by atoms with Gasteiger partial charge in [0.2, 0.25) is 0 Å². The van der Waals surface area contributed by atoms with Gasteiger partial charge in [-0.25, -0.2) is 0 Å². The number of rotatable bonds is 4. The zero-order chi connectivity index (χ0) is 20.9. The number of aromatic hydroxyl groups is 1. The van der Waals surface area contributed by atoms with Crippen molar-refractivity contribution in [1.82, 2.24) is 0 Å². The Morgan fingerprint density at radius 3 is 1.58 bits per heavy atom. The summed E-state index contributed by atoms with van der Waals surface area (Å²) >= 11 is 0. The summed E-state index contributed by atoms with van der Waals surface area (Å²) in [5, 5.41) is 47.2. The number of phenolic OH excluding ortho intramolecular Hbond substituents is 1. The van der Waals surface area contributed by atoms with Crippen molar-refractivity contribution < 1.29 is 30.3 Å². The number of phenols is 1. The third-order valence-electron chi connectivity index (χ3n) is 3.94. The smallest absolute Gasteiger partial charge is 0.303 e. The number of carbonyl (C=O) groups is 1. The number of hydrogen-bond acceptors (Lipinski definition) is 5. The maximum absolute atomic E-state index is 10.6. The SMILES string of the molecule is CC(C)(C)c1cc(C(O)C(O)CO)cc(C(C)(C)C)c1O.CCC(=O)O. The van der Waals surface area contributed by atoms with E-state index in [1.807, 2.05) is 41.5 Å². The van der Waals surface area contributed by atoms with Crippen molar-refractivity contribution in [2.24, 2.45) is 0 Å². The van der Waals surface area contributed by atoms with Gasteiger partial charge in [-0.05, 0) is 39.7 Å². The van der Waals surface area contributed by atoms with E-state index in [0.717, 1.165) is 0 Å². The van der Waals surface area contributed by atoms with E-state index in [1.165, 1.54) is 0 Å². The van der Waals surface area contributed by atoms with Crippen molar-refractivity contribution in [3.05, 3.63) is 28.8 Å². The van der Waals surface area contributed by atoms with E-state index in [1.54, 1.807) is 19.1 Å². The van der Waals surface area contributed by atoms with Crippen LogP contribution in [-0.4, -0.2) is 44.2 Å². The second kappa shape index (κ2) is 9.35. The number of carboxylic acids is 1. The van der Waals surface area contributed by atoms with Crippen molar-refractivity contribution in [2.45, 2.75) is 77.9 Å². The van der Waals surface area contributed by atoms with Crippen molar-refractivity contribution >= 4 is 5.97 Å². The zero-order valence-corrected chi connectivity index (χ0v) is 16.9. The molecule has 0 saturated heterocycles. The van der Waals surface area contributed by atoms with Gasteiger partial charge in [-0.1, -0.05) is 48.5 Å². The fourth-order valence-electron chi connectivity index (χ4n) is 2.29. The Morgan fingerprint density at radius 2 is 1.35 bits per heavy atom. The summed E-state index contributed by atoms with van der Waals surface area (Å²) in [6.45, 7) is 13.0. The average molecular weight is 370 g/mol. The minimum atomic E-state index is -1.24. The highest BCUT2D eigenvalue weighted by Crippen LogP contribution is 2.41. The predicted molar refractivity (Wildman–Crippen MR) is 101 cm³/mol. The molecule has 0 bridgehead atoms. The van der Waals surface area contributed by atoms with Gasteiger partial charge in [0.05, 0.1) is 6.61 Å². The Kier molecular flexibility index (Phi) is 8.76. The first-order valence-electron chi connectivity index (χ1n) is 8.73. The maximum Gasteiger partial charge on any atom is 0.303 e. The molecule has 0 heterocycles. The van der Waals surface area contributed by atoms with Gasteiger partial charge < -0.3 is 25.5 Å². The molecule has 0 aliphatic carbocycles. The van der Waals surface area contributed by atoms with Gasteiger partial charge in [-0.3, -0.25) is 4.79 Å². The van der Waals surface area contributed by atoms with Crippen LogP contribution in [0.15, 0.2) is 12.1 Å². The molecule has 0 radical (unpaired) electrons. The van der Waals surface area contributed by atoms with Crippen molar-refractivity contribution in [1.29, 1.82) is 0 Å². The molecule has 1 rings (SSSR count). The van der Waals surface area contributed by atoms with Crippen LogP contribution in [0.4, 0.5) is 0 Å². The Balaban J connectivity index is 0.00000110. The largest absolute Gasteiger partial charge is 0.507 e. The molecule has 0 amide bonds. The molecule has 26 heavy (non-hydrogen) atoms. The minimum Gasteiger partial charge on any atom is -0.507 e. The lowest BCUT2D eigenvalue weighted by atomic mass is 9.77. The minimum absolute atomic E-state index is 0.222. The highest BCUT2D eigenvalue weighted by molar-refractivity contribution is 5.66. The van der Waals surface area contributed by atoms with Crippen LogP contribution in [0.25, 0.3) is 0 Å². The molecule has 2 atom stereocenters. The van der Waals surface area contributed by atoms with Crippen LogP contribution in [-0.2, 0) is 15.6 Å². The molecule has 0 spiro atoms. The maximum atomic E-state index is 10.6. The fourth-order valence-corrected chi connectivity index (χ4v) is 2.29. The van der Waals surface area contributed by atoms with Crippen LogP contribution < -0.4 is 0 Å². The Morgan fingerprint density at radius 1 is 1.00 bits per heavy atom. The van der Waals surface area contributed by atoms with E-state index in [2.05, 4.69) is 0 Å². The average Bonchev–Trinajstić information content (AvgIpc) is 2.51. The van der Waals surface area contributed by atoms with Crippen LogP contribution >= 0.6 is 0 Å². The van der Waals surface area contributed by atoms with Gasteiger partial charge in [0.15, 0.2) is 0 Å². The molecule has 6 nitrogen and oxygen atoms in total. The molecular formula is C20H34O6. The molecule has 0 saturated carbocycles. The second-order valence-corrected chi connectivity index (χ2v) is 8.41. The molecule has 2 unspecified atom stereocenters. The first-order chi connectivity index (χ1) is 11.7. The predicted octanol–water partition coefficient (Wildman–Crippen LogP) is 2.85. The number of aliphatic hydroxyl groups is 3. The second-order valence-electron chi connectivity index (χ2n) is 8.41. The molecule has 1 aromatic rings. The first kappa shape index (κ1) is 24.4. The Labute approximate surface area is 156 Å². The van der Waals surface area contributed by atoms with Crippen LogP contribution in [0.2, 0.25) is 0 Å². The summed E-state index contributed by atoms with van der Waals surface area (Å²) < 4.78 is 0. The number of carboxylic acid groups (broad SMARTS) is 1. The van der Waals surface area contributed by atoms with Crippen LogP contribution in [0.5, 0.6) is 5.75 Å². The summed E-state index contributed by atoms with van der Waals surface area (Å²) in [6.07, 6.45) is -2.20. The monoisotopic (exact) mass is 370 g/mol. The van der Waals surface area contributed by atoms with Crippen molar-refractivity contribution in [2.75, 3.05) is 6.61 Å². The molecule has 5 N–H and O–H groups in total. The van der Waals surface area contributed by atoms with Gasteiger partial charge >= 0.3 is 5.97 Å². The molecule has 0 aliphatic heterocycles. The normalized spacial score (nSPS) is 14.2. The van der Waals surface area contributed by atoms with Gasteiger partial charge in [0.25, 0.3) is 0 Å². The van der Waals surface area contributed by atoms with Crippen molar-refractivity contribution in [3.63, 3.8) is 0 Å². The quantitative estimate of drug-likeness (QED) is 0.556. The fraction of sp³-hybridized carbons (Fsp3) is 0.650. The Bertz CT molecular complexity index is 560. The van der Waals surface area contributed by atoms with E-state index in [9.17, 15) is 20.1 Å². The molecule has 150 valence electrons. The van der Waals surface area contributed by atoms with E-state index in [4.69, 9.17) is 10.2 Å². The van der Waals surface area contributed by atoms with Crippen LogP contribution in [0.1, 0.15) is 77.7 Å². The summed E-state index contributed by atoms with van der Waals surface area (Å²) in [5.74, 6) is -0.519. The lowest BCUT2D eigenvalue weighted by Gasteiger charge is -2.29. The lowest BCUT2D eigenvalue weighted by molar-refractivity contribution is -0.136. The number of benzene rings is 1. The number of hydrogen-bond donors (Lipinski definition) is 5. The third-order valence-corrected chi connectivity index (χ3v) is 3.94. The van der Waals surface area contributed by atoms with Crippen LogP contribution in [0.3, 0.4) is 0 Å². The van der Waals surface area contributed by atoms with Crippen molar-refractivity contribution in [3.8, 4) is 5.75 Å². The van der Waals surface area contributed by atoms with Gasteiger partial charge in [-0.2, -0.15) is 0 Å². The van der Waals surface area contributed by atoms with Gasteiger partial charge in [0.1, 0.15) is 18.0 Å². The molecule has 0 aromatic heterocycles. The lowest BCUT2D eigenvalue weighted by Crippen LogP contribution is -2.24. The first-order valence-corrected chi connectivity index (χ1v) is 8.73. The number of aliphatic carboxylic acids is 1. The highest BCUT2D eigenvalue weighted by atomic mass is 16.4. The summed E-state index contributed by atoms with van der Waals surface area (Å²) in [7, 11) is 0. The van der Waals surface area contributed by atoms with Crippen LogP contribution in [0, 0.1) is 0 Å². The topological polar surface area (TPSA) is 118 Å². The molecule has 0 aliphatic rings. The zero-order valence-electron chi connectivity index (χ0n) is 16.9. The van der Waals surface area contributed by atoms with E-state index < -0.39 is 24.8 Å². The van der Waals surface area contributed by atoms with E-state index in [0.29, 0.717) is 16.7 Å². The molecule has 0 fully saturated rings. The Hall–Kier alpha value is -1.63. The van der Waals surface area contributed by atoms with E-state index >= 15 is 0 Å². The molecule has 1 aromatic carbocycles. The molecule has 6 heteroatoms. The van der Waals surface area contributed by atoms with Gasteiger partial charge in [-0.15, -0.1) is 0 Å². The summed E-state index contributed by atoms with van der Waals surface area (Å²) in [6, 6.07) is 3.40. The van der Waals surface area contributed by atoms with E-state index in [-0.39, 0.29) is 23.0 Å². The third kappa shape index (κ3) is 6.94. The standard InChI is InChI=1S/C17H28O4.C3H6O2/c1-16(2,3)11-7-10(14(20)13(19)9-18)8-12(15(11)21)17(4,5)6;1-2-3(4)5/h7-8,13-14,18-21H,9H2,1-6H3;2H2,1H3,(H,4,5). The summed E-state index contributed by atoms with van der Waals surface area (Å²) in [4.78, 5) is 9.37. The molecular weight excluding hydrogens is 336 g/mol.